The number of nitrogens with one attached hydrogen (secondary N) is 1. The number of nitrogens with zero attached hydrogens (tertiary/aromatic N) is 2. The van der Waals surface area contributed by atoms with Gasteiger partial charge in [-0.1, -0.05) is 41.4 Å². The molecule has 0 aliphatic heterocycles. The van der Waals surface area contributed by atoms with Gasteiger partial charge in [0.15, 0.2) is 0 Å². The number of carbonyl (C=O) groups excluding carboxylic acids is 1. The molecule has 0 saturated heterocycles. The van der Waals surface area contributed by atoms with Gasteiger partial charge < -0.3 is 4.57 Å². The molecule has 0 spiro atoms. The van der Waals surface area contributed by atoms with Gasteiger partial charge in [0.05, 0.1) is 16.9 Å². The fraction of sp³-hybridized carbons (Fsp3) is 0.143. The van der Waals surface area contributed by atoms with Crippen LogP contribution in [0.1, 0.15) is 32.9 Å². The number of para-hydroxylation sites is 1. The second kappa shape index (κ2) is 7.58. The van der Waals surface area contributed by atoms with Gasteiger partial charge in [0, 0.05) is 22.5 Å². The van der Waals surface area contributed by atoms with Crippen molar-refractivity contribution in [2.45, 2.75) is 20.8 Å². The molecule has 0 aliphatic carbocycles. The smallest absolute Gasteiger partial charge is 0.271 e. The molecule has 26 heavy (non-hydrogen) atoms. The van der Waals surface area contributed by atoms with Crippen LogP contribution in [0.2, 0.25) is 5.02 Å². The molecule has 0 saturated carbocycles. The highest BCUT2D eigenvalue weighted by atomic mass is 35.5. The number of hydrazone groups is 1. The minimum atomic E-state index is -0.235. The van der Waals surface area contributed by atoms with Crippen LogP contribution in [0.15, 0.2) is 59.7 Å². The summed E-state index contributed by atoms with van der Waals surface area (Å²) in [6.07, 6.45) is 1.65. The lowest BCUT2D eigenvalue weighted by molar-refractivity contribution is 0.0955. The van der Waals surface area contributed by atoms with E-state index < -0.39 is 0 Å². The van der Waals surface area contributed by atoms with Gasteiger partial charge in [-0.2, -0.15) is 5.10 Å². The zero-order valence-electron chi connectivity index (χ0n) is 15.0. The lowest BCUT2D eigenvalue weighted by atomic mass is 10.1. The Hall–Kier alpha value is -2.85. The van der Waals surface area contributed by atoms with Gasteiger partial charge in [0.25, 0.3) is 5.91 Å². The first-order valence-corrected chi connectivity index (χ1v) is 8.69. The SMILES string of the molecule is Cc1ccc(C(=O)N/N=C\c2cc(C)n(-c3ccccc3Cl)c2C)cc1. The number of hydrogen-bond donors (Lipinski definition) is 1. The summed E-state index contributed by atoms with van der Waals surface area (Å²) in [5.74, 6) is -0.235. The summed E-state index contributed by atoms with van der Waals surface area (Å²) in [4.78, 5) is 12.1. The van der Waals surface area contributed by atoms with E-state index in [2.05, 4.69) is 15.1 Å². The number of benzene rings is 2. The number of carbonyl (C=O) groups is 1. The van der Waals surface area contributed by atoms with Gasteiger partial charge in [0.1, 0.15) is 0 Å². The molecule has 2 aromatic carbocycles. The molecule has 0 radical (unpaired) electrons. The number of aromatic nitrogens is 1. The molecule has 4 nitrogen and oxygen atoms in total. The zero-order valence-corrected chi connectivity index (χ0v) is 15.7. The van der Waals surface area contributed by atoms with Crippen LogP contribution in [0, 0.1) is 20.8 Å². The molecule has 0 bridgehead atoms. The Morgan fingerprint density at radius 2 is 1.77 bits per heavy atom. The minimum Gasteiger partial charge on any atom is -0.316 e. The molecular formula is C21H20ClN3O. The van der Waals surface area contributed by atoms with Crippen molar-refractivity contribution < 1.29 is 4.79 Å². The third-order valence-corrected chi connectivity index (χ3v) is 4.57. The first-order chi connectivity index (χ1) is 12.5. The van der Waals surface area contributed by atoms with Crippen molar-refractivity contribution in [2.24, 2.45) is 5.10 Å². The topological polar surface area (TPSA) is 46.4 Å². The third-order valence-electron chi connectivity index (χ3n) is 4.25. The Morgan fingerprint density at radius 3 is 2.46 bits per heavy atom. The Balaban J connectivity index is 1.80. The summed E-state index contributed by atoms with van der Waals surface area (Å²) in [6.45, 7) is 5.99. The molecule has 1 heterocycles. The highest BCUT2D eigenvalue weighted by Crippen LogP contribution is 2.25. The summed E-state index contributed by atoms with van der Waals surface area (Å²) in [5, 5.41) is 4.79. The van der Waals surface area contributed by atoms with E-state index in [4.69, 9.17) is 11.6 Å². The van der Waals surface area contributed by atoms with Crippen molar-refractivity contribution in [1.29, 1.82) is 0 Å². The molecule has 5 heteroatoms. The minimum absolute atomic E-state index is 0.235. The Bertz CT molecular complexity index is 971. The zero-order chi connectivity index (χ0) is 18.7. The maximum absolute atomic E-state index is 12.1. The lowest BCUT2D eigenvalue weighted by Crippen LogP contribution is -2.17. The maximum atomic E-state index is 12.1. The fourth-order valence-electron chi connectivity index (χ4n) is 2.85. The Kier molecular flexibility index (Phi) is 5.24. The molecule has 1 amide bonds. The van der Waals surface area contributed by atoms with Crippen LogP contribution in [0.25, 0.3) is 5.69 Å². The van der Waals surface area contributed by atoms with E-state index in [-0.39, 0.29) is 5.91 Å². The van der Waals surface area contributed by atoms with Crippen LogP contribution in [-0.2, 0) is 0 Å². The average Bonchev–Trinajstić information content (AvgIpc) is 2.90. The second-order valence-electron chi connectivity index (χ2n) is 6.18. The van der Waals surface area contributed by atoms with Crippen molar-refractivity contribution in [3.63, 3.8) is 0 Å². The number of amides is 1. The summed E-state index contributed by atoms with van der Waals surface area (Å²) in [6, 6.07) is 17.1. The Labute approximate surface area is 158 Å². The second-order valence-corrected chi connectivity index (χ2v) is 6.59. The highest BCUT2D eigenvalue weighted by molar-refractivity contribution is 6.32. The summed E-state index contributed by atoms with van der Waals surface area (Å²) in [7, 11) is 0. The molecule has 3 aromatic rings. The van der Waals surface area contributed by atoms with E-state index in [0.29, 0.717) is 10.6 Å². The van der Waals surface area contributed by atoms with Crippen molar-refractivity contribution in [1.82, 2.24) is 9.99 Å². The standard InChI is InChI=1S/C21H20ClN3O/c1-14-8-10-17(11-9-14)21(26)24-23-13-18-12-15(2)25(16(18)3)20-7-5-4-6-19(20)22/h4-13H,1-3H3,(H,24,26)/b23-13-. The first kappa shape index (κ1) is 18.0. The predicted octanol–water partition coefficient (Wildman–Crippen LogP) is 4.82. The molecular weight excluding hydrogens is 346 g/mol. The third kappa shape index (κ3) is 3.70. The molecule has 1 N–H and O–H groups in total. The summed E-state index contributed by atoms with van der Waals surface area (Å²) < 4.78 is 2.07. The van der Waals surface area contributed by atoms with Crippen LogP contribution < -0.4 is 5.43 Å². The maximum Gasteiger partial charge on any atom is 0.271 e. The molecule has 0 aliphatic rings. The van der Waals surface area contributed by atoms with Crippen molar-refractivity contribution >= 4 is 23.7 Å². The van der Waals surface area contributed by atoms with Crippen LogP contribution in [0.4, 0.5) is 0 Å². The van der Waals surface area contributed by atoms with Crippen molar-refractivity contribution in [2.75, 3.05) is 0 Å². The largest absolute Gasteiger partial charge is 0.316 e. The molecule has 1 aromatic heterocycles. The lowest BCUT2D eigenvalue weighted by Gasteiger charge is -2.11. The number of aryl methyl sites for hydroxylation is 2. The van der Waals surface area contributed by atoms with Gasteiger partial charge in [-0.3, -0.25) is 4.79 Å². The summed E-state index contributed by atoms with van der Waals surface area (Å²) >= 11 is 6.33. The van der Waals surface area contributed by atoms with E-state index in [1.165, 1.54) is 0 Å². The van der Waals surface area contributed by atoms with Gasteiger partial charge in [-0.15, -0.1) is 0 Å². The van der Waals surface area contributed by atoms with Crippen LogP contribution in [-0.4, -0.2) is 16.7 Å². The van der Waals surface area contributed by atoms with Crippen LogP contribution in [0.5, 0.6) is 0 Å². The quantitative estimate of drug-likeness (QED) is 0.523. The van der Waals surface area contributed by atoms with E-state index in [1.54, 1.807) is 18.3 Å². The first-order valence-electron chi connectivity index (χ1n) is 8.31. The number of halogens is 1. The van der Waals surface area contributed by atoms with E-state index in [9.17, 15) is 4.79 Å². The Morgan fingerprint density at radius 1 is 1.08 bits per heavy atom. The molecule has 0 fully saturated rings. The van der Waals surface area contributed by atoms with Gasteiger partial charge in [-0.25, -0.2) is 5.43 Å². The summed E-state index contributed by atoms with van der Waals surface area (Å²) in [5.41, 5.74) is 8.15. The molecule has 0 atom stereocenters. The van der Waals surface area contributed by atoms with Crippen LogP contribution in [0.3, 0.4) is 0 Å². The monoisotopic (exact) mass is 365 g/mol. The van der Waals surface area contributed by atoms with Gasteiger partial charge >= 0.3 is 0 Å². The van der Waals surface area contributed by atoms with Crippen molar-refractivity contribution in [3.8, 4) is 5.69 Å². The van der Waals surface area contributed by atoms with Crippen molar-refractivity contribution in [3.05, 3.63) is 87.7 Å². The van der Waals surface area contributed by atoms with Crippen LogP contribution >= 0.6 is 11.6 Å². The highest BCUT2D eigenvalue weighted by Gasteiger charge is 2.11. The average molecular weight is 366 g/mol. The molecule has 132 valence electrons. The van der Waals surface area contributed by atoms with E-state index >= 15 is 0 Å². The van der Waals surface area contributed by atoms with Gasteiger partial charge in [-0.05, 0) is 51.1 Å². The van der Waals surface area contributed by atoms with Gasteiger partial charge in [0.2, 0.25) is 0 Å². The van der Waals surface area contributed by atoms with E-state index in [0.717, 1.165) is 28.2 Å². The number of hydrogen-bond acceptors (Lipinski definition) is 2. The molecule has 3 rings (SSSR count). The van der Waals surface area contributed by atoms with E-state index in [1.807, 2.05) is 63.2 Å². The normalized spacial score (nSPS) is 11.1. The molecule has 0 unspecified atom stereocenters. The fourth-order valence-corrected chi connectivity index (χ4v) is 3.07. The number of rotatable bonds is 4. The predicted molar refractivity (Wildman–Crippen MR) is 106 cm³/mol.